The number of aromatic nitrogens is 1. The van der Waals surface area contributed by atoms with Crippen molar-refractivity contribution in [3.05, 3.63) is 47.5 Å². The highest BCUT2D eigenvalue weighted by Gasteiger charge is 2.21. The number of benzene rings is 1. The highest BCUT2D eigenvalue weighted by Crippen LogP contribution is 2.22. The molecule has 0 amide bonds. The van der Waals surface area contributed by atoms with Crippen LogP contribution in [0.2, 0.25) is 24.8 Å². The van der Waals surface area contributed by atoms with E-state index in [0.717, 1.165) is 11.1 Å². The second kappa shape index (κ2) is 4.82. The maximum absolute atomic E-state index is 13.0. The van der Waals surface area contributed by atoms with E-state index < -0.39 is 8.07 Å². The highest BCUT2D eigenvalue weighted by atomic mass is 35.5. The van der Waals surface area contributed by atoms with E-state index in [1.165, 1.54) is 17.3 Å². The smallest absolute Gasteiger partial charge is 0.129 e. The minimum Gasteiger partial charge on any atom is -0.245 e. The van der Waals surface area contributed by atoms with Gasteiger partial charge < -0.3 is 0 Å². The van der Waals surface area contributed by atoms with Crippen LogP contribution in [0.4, 0.5) is 4.39 Å². The quantitative estimate of drug-likeness (QED) is 0.596. The maximum Gasteiger partial charge on any atom is 0.129 e. The van der Waals surface area contributed by atoms with Crippen LogP contribution in [0, 0.1) is 5.82 Å². The summed E-state index contributed by atoms with van der Waals surface area (Å²) in [6.45, 7) is 6.76. The summed E-state index contributed by atoms with van der Waals surface area (Å²) in [5.41, 5.74) is 2.05. The Balaban J connectivity index is 2.62. The van der Waals surface area contributed by atoms with Crippen LogP contribution in [-0.4, -0.2) is 13.1 Å². The number of nitrogens with zero attached hydrogens (tertiary/aromatic N) is 1. The molecule has 2 rings (SSSR count). The lowest BCUT2D eigenvalue weighted by molar-refractivity contribution is 0.628. The first-order valence-electron chi connectivity index (χ1n) is 5.80. The Kier molecular flexibility index (Phi) is 3.55. The number of hydrogen-bond donors (Lipinski definition) is 0. The van der Waals surface area contributed by atoms with Crippen LogP contribution in [0.15, 0.2) is 36.5 Å². The minimum atomic E-state index is -1.51. The van der Waals surface area contributed by atoms with Gasteiger partial charge in [0, 0.05) is 6.20 Å². The first-order valence-corrected chi connectivity index (χ1v) is 9.68. The van der Waals surface area contributed by atoms with Gasteiger partial charge in [0.05, 0.1) is 8.07 Å². The summed E-state index contributed by atoms with van der Waals surface area (Å²) in [5, 5.41) is 1.70. The first kappa shape index (κ1) is 13.2. The molecule has 0 aliphatic heterocycles. The standard InChI is InChI=1S/C14H15ClFNSi/c1-18(2,3)13-9-17-14(15)8-12(13)10-4-6-11(16)7-5-10/h4-9H,1-3H3. The van der Waals surface area contributed by atoms with Crippen molar-refractivity contribution in [1.29, 1.82) is 0 Å². The van der Waals surface area contributed by atoms with E-state index in [4.69, 9.17) is 11.6 Å². The van der Waals surface area contributed by atoms with Crippen molar-refractivity contribution < 1.29 is 4.39 Å². The predicted molar refractivity (Wildman–Crippen MR) is 77.6 cm³/mol. The van der Waals surface area contributed by atoms with Crippen molar-refractivity contribution in [2.24, 2.45) is 0 Å². The molecule has 1 aromatic carbocycles. The molecule has 0 atom stereocenters. The molecule has 0 radical (unpaired) electrons. The van der Waals surface area contributed by atoms with E-state index in [9.17, 15) is 4.39 Å². The van der Waals surface area contributed by atoms with Crippen molar-refractivity contribution in [2.45, 2.75) is 19.6 Å². The van der Waals surface area contributed by atoms with Crippen LogP contribution < -0.4 is 5.19 Å². The fourth-order valence-electron chi connectivity index (χ4n) is 1.90. The molecule has 0 saturated heterocycles. The van der Waals surface area contributed by atoms with E-state index in [2.05, 4.69) is 24.6 Å². The number of hydrogen-bond acceptors (Lipinski definition) is 1. The summed E-state index contributed by atoms with van der Waals surface area (Å²) in [4.78, 5) is 4.18. The number of rotatable bonds is 2. The van der Waals surface area contributed by atoms with Crippen LogP contribution in [0.25, 0.3) is 11.1 Å². The second-order valence-electron chi connectivity index (χ2n) is 5.31. The van der Waals surface area contributed by atoms with Gasteiger partial charge in [-0.3, -0.25) is 0 Å². The summed E-state index contributed by atoms with van der Waals surface area (Å²) in [6, 6.07) is 8.37. The lowest BCUT2D eigenvalue weighted by Crippen LogP contribution is -2.39. The summed E-state index contributed by atoms with van der Waals surface area (Å²) in [7, 11) is -1.51. The fourth-order valence-corrected chi connectivity index (χ4v) is 3.53. The van der Waals surface area contributed by atoms with Crippen molar-refractivity contribution in [3.8, 4) is 11.1 Å². The number of halogens is 2. The van der Waals surface area contributed by atoms with Gasteiger partial charge in [0.1, 0.15) is 11.0 Å². The van der Waals surface area contributed by atoms with Gasteiger partial charge in [0.25, 0.3) is 0 Å². The van der Waals surface area contributed by atoms with Gasteiger partial charge in [-0.2, -0.15) is 0 Å². The number of pyridine rings is 1. The molecule has 0 saturated carbocycles. The molecule has 4 heteroatoms. The lowest BCUT2D eigenvalue weighted by Gasteiger charge is -2.20. The predicted octanol–water partition coefficient (Wildman–Crippen LogP) is 4.09. The average Bonchev–Trinajstić information content (AvgIpc) is 2.28. The molecule has 94 valence electrons. The van der Waals surface area contributed by atoms with Crippen molar-refractivity contribution in [1.82, 2.24) is 4.98 Å². The molecule has 0 fully saturated rings. The van der Waals surface area contributed by atoms with Gasteiger partial charge in [0.2, 0.25) is 0 Å². The Morgan fingerprint density at radius 1 is 1.11 bits per heavy atom. The molecule has 1 aromatic heterocycles. The SMILES string of the molecule is C[Si](C)(C)c1cnc(Cl)cc1-c1ccc(F)cc1. The van der Waals surface area contributed by atoms with Crippen LogP contribution >= 0.6 is 11.6 Å². The van der Waals surface area contributed by atoms with E-state index in [0.29, 0.717) is 5.15 Å². The zero-order valence-electron chi connectivity index (χ0n) is 10.7. The molecular weight excluding hydrogens is 265 g/mol. The van der Waals surface area contributed by atoms with E-state index >= 15 is 0 Å². The molecule has 0 bridgehead atoms. The van der Waals surface area contributed by atoms with E-state index in [1.807, 2.05) is 12.3 Å². The van der Waals surface area contributed by atoms with Gasteiger partial charge in [-0.15, -0.1) is 0 Å². The van der Waals surface area contributed by atoms with E-state index in [-0.39, 0.29) is 5.82 Å². The monoisotopic (exact) mass is 279 g/mol. The Morgan fingerprint density at radius 2 is 1.72 bits per heavy atom. The fraction of sp³-hybridized carbons (Fsp3) is 0.214. The molecule has 0 aliphatic carbocycles. The van der Waals surface area contributed by atoms with Crippen molar-refractivity contribution in [3.63, 3.8) is 0 Å². The van der Waals surface area contributed by atoms with Gasteiger partial charge in [0.15, 0.2) is 0 Å². The van der Waals surface area contributed by atoms with Gasteiger partial charge in [-0.05, 0) is 34.5 Å². The lowest BCUT2D eigenvalue weighted by atomic mass is 10.1. The third-order valence-electron chi connectivity index (χ3n) is 2.83. The summed E-state index contributed by atoms with van der Waals surface area (Å²) >= 11 is 5.98. The zero-order valence-corrected chi connectivity index (χ0v) is 12.4. The maximum atomic E-state index is 13.0. The first-order chi connectivity index (χ1) is 8.38. The summed E-state index contributed by atoms with van der Waals surface area (Å²) < 4.78 is 13.0. The van der Waals surface area contributed by atoms with Crippen LogP contribution in [0.3, 0.4) is 0 Å². The largest absolute Gasteiger partial charge is 0.245 e. The van der Waals surface area contributed by atoms with Crippen LogP contribution in [-0.2, 0) is 0 Å². The van der Waals surface area contributed by atoms with Gasteiger partial charge >= 0.3 is 0 Å². The Morgan fingerprint density at radius 3 is 2.28 bits per heavy atom. The average molecular weight is 280 g/mol. The molecule has 0 unspecified atom stereocenters. The molecule has 1 nitrogen and oxygen atoms in total. The van der Waals surface area contributed by atoms with Crippen molar-refractivity contribution in [2.75, 3.05) is 0 Å². The van der Waals surface area contributed by atoms with Crippen LogP contribution in [0.5, 0.6) is 0 Å². The Labute approximate surface area is 113 Å². The summed E-state index contributed by atoms with van der Waals surface area (Å²) in [6.07, 6.45) is 1.85. The molecule has 0 spiro atoms. The van der Waals surface area contributed by atoms with Crippen molar-refractivity contribution >= 4 is 24.9 Å². The summed E-state index contributed by atoms with van der Waals surface area (Å²) in [5.74, 6) is -0.228. The molecular formula is C14H15ClFNSi. The minimum absolute atomic E-state index is 0.228. The van der Waals surface area contributed by atoms with Gasteiger partial charge in [-0.25, -0.2) is 9.37 Å². The molecule has 2 aromatic rings. The highest BCUT2D eigenvalue weighted by molar-refractivity contribution is 6.89. The Bertz CT molecular complexity index is 561. The third kappa shape index (κ3) is 2.79. The second-order valence-corrected chi connectivity index (χ2v) is 10.7. The Hall–Kier alpha value is -1.19. The third-order valence-corrected chi connectivity index (χ3v) is 5.05. The van der Waals surface area contributed by atoms with E-state index in [1.54, 1.807) is 12.1 Å². The van der Waals surface area contributed by atoms with Crippen LogP contribution in [0.1, 0.15) is 0 Å². The molecule has 18 heavy (non-hydrogen) atoms. The zero-order chi connectivity index (χ0) is 13.3. The molecule has 1 heterocycles. The normalized spacial score (nSPS) is 11.6. The molecule has 0 aliphatic rings. The topological polar surface area (TPSA) is 12.9 Å². The van der Waals surface area contributed by atoms with Gasteiger partial charge in [-0.1, -0.05) is 43.4 Å². The molecule has 0 N–H and O–H groups in total.